The lowest BCUT2D eigenvalue weighted by Gasteiger charge is -2.39. The highest BCUT2D eigenvalue weighted by molar-refractivity contribution is 7.80. The lowest BCUT2D eigenvalue weighted by atomic mass is 9.68. The molecule has 4 nitrogen and oxygen atoms in total. The Morgan fingerprint density at radius 2 is 2.17 bits per heavy atom. The molecule has 1 aliphatic heterocycles. The van der Waals surface area contributed by atoms with Gasteiger partial charge in [0.05, 0.1) is 16.5 Å². The SMILES string of the molecule is NC(=S)C1(C(=O)NCCC2CCCCO2)CCC1. The van der Waals surface area contributed by atoms with Crippen LogP contribution >= 0.6 is 12.2 Å². The van der Waals surface area contributed by atoms with E-state index in [2.05, 4.69) is 5.32 Å². The van der Waals surface area contributed by atoms with Gasteiger partial charge in [0.2, 0.25) is 5.91 Å². The topological polar surface area (TPSA) is 64.4 Å². The van der Waals surface area contributed by atoms with Crippen LogP contribution in [0.4, 0.5) is 0 Å². The number of amides is 1. The number of hydrogen-bond acceptors (Lipinski definition) is 3. The Labute approximate surface area is 114 Å². The summed E-state index contributed by atoms with van der Waals surface area (Å²) in [5.41, 5.74) is 5.14. The molecule has 1 unspecified atom stereocenters. The monoisotopic (exact) mass is 270 g/mol. The molecular formula is C13H22N2O2S. The van der Waals surface area contributed by atoms with Gasteiger partial charge in [0.25, 0.3) is 0 Å². The van der Waals surface area contributed by atoms with Crippen LogP contribution < -0.4 is 11.1 Å². The van der Waals surface area contributed by atoms with Gasteiger partial charge in [0.1, 0.15) is 0 Å². The standard InChI is InChI=1S/C13H22N2O2S/c14-11(18)13(6-3-7-13)12(16)15-8-5-10-4-1-2-9-17-10/h10H,1-9H2,(H2,14,18)(H,15,16). The third-order valence-electron chi connectivity index (χ3n) is 4.14. The molecule has 1 saturated heterocycles. The minimum atomic E-state index is -0.553. The summed E-state index contributed by atoms with van der Waals surface area (Å²) in [5.74, 6) is 0.0112. The number of ether oxygens (including phenoxy) is 1. The summed E-state index contributed by atoms with van der Waals surface area (Å²) in [6.45, 7) is 1.52. The number of carbonyl (C=O) groups is 1. The Morgan fingerprint density at radius 3 is 2.67 bits per heavy atom. The first kappa shape index (κ1) is 13.7. The fourth-order valence-corrected chi connectivity index (χ4v) is 2.96. The largest absolute Gasteiger partial charge is 0.392 e. The number of rotatable bonds is 5. The molecule has 2 aliphatic rings. The predicted octanol–water partition coefficient (Wildman–Crippen LogP) is 1.52. The second-order valence-electron chi connectivity index (χ2n) is 5.33. The van der Waals surface area contributed by atoms with Crippen molar-refractivity contribution in [1.29, 1.82) is 0 Å². The van der Waals surface area contributed by atoms with E-state index in [1.807, 2.05) is 0 Å². The van der Waals surface area contributed by atoms with Crippen LogP contribution in [0.25, 0.3) is 0 Å². The van der Waals surface area contributed by atoms with Crippen LogP contribution in [0.1, 0.15) is 44.9 Å². The molecule has 18 heavy (non-hydrogen) atoms. The molecule has 1 aliphatic carbocycles. The molecule has 0 aromatic rings. The van der Waals surface area contributed by atoms with Gasteiger partial charge in [0.15, 0.2) is 0 Å². The van der Waals surface area contributed by atoms with Gasteiger partial charge in [-0.1, -0.05) is 18.6 Å². The minimum Gasteiger partial charge on any atom is -0.392 e. The molecule has 0 aromatic heterocycles. The molecule has 5 heteroatoms. The van der Waals surface area contributed by atoms with Crippen LogP contribution in [-0.2, 0) is 9.53 Å². The molecule has 1 amide bonds. The average molecular weight is 270 g/mol. The summed E-state index contributed by atoms with van der Waals surface area (Å²) in [6, 6.07) is 0. The Balaban J connectivity index is 1.72. The van der Waals surface area contributed by atoms with Crippen molar-refractivity contribution in [2.75, 3.05) is 13.2 Å². The Hall–Kier alpha value is -0.680. The van der Waals surface area contributed by atoms with Gasteiger partial charge in [0, 0.05) is 13.2 Å². The average Bonchev–Trinajstić information content (AvgIpc) is 2.28. The van der Waals surface area contributed by atoms with Crippen molar-refractivity contribution >= 4 is 23.1 Å². The lowest BCUT2D eigenvalue weighted by molar-refractivity contribution is -0.130. The first-order chi connectivity index (χ1) is 8.65. The van der Waals surface area contributed by atoms with E-state index < -0.39 is 5.41 Å². The van der Waals surface area contributed by atoms with E-state index in [9.17, 15) is 4.79 Å². The summed E-state index contributed by atoms with van der Waals surface area (Å²) >= 11 is 5.02. The highest BCUT2D eigenvalue weighted by Crippen LogP contribution is 2.41. The van der Waals surface area contributed by atoms with Gasteiger partial charge in [-0.2, -0.15) is 0 Å². The van der Waals surface area contributed by atoms with Crippen molar-refractivity contribution in [3.63, 3.8) is 0 Å². The number of carbonyl (C=O) groups excluding carboxylic acids is 1. The van der Waals surface area contributed by atoms with E-state index in [0.717, 1.165) is 45.1 Å². The molecule has 102 valence electrons. The molecule has 1 saturated carbocycles. The molecular weight excluding hydrogens is 248 g/mol. The first-order valence-electron chi connectivity index (χ1n) is 6.85. The van der Waals surface area contributed by atoms with Gasteiger partial charge >= 0.3 is 0 Å². The van der Waals surface area contributed by atoms with Gasteiger partial charge in [-0.25, -0.2) is 0 Å². The van der Waals surface area contributed by atoms with E-state index >= 15 is 0 Å². The highest BCUT2D eigenvalue weighted by atomic mass is 32.1. The maximum atomic E-state index is 12.1. The smallest absolute Gasteiger partial charge is 0.233 e. The number of thiocarbonyl (C=S) groups is 1. The van der Waals surface area contributed by atoms with Crippen LogP contribution in [0.3, 0.4) is 0 Å². The zero-order chi connectivity index (χ0) is 13.0. The van der Waals surface area contributed by atoms with Crippen molar-refractivity contribution in [3.05, 3.63) is 0 Å². The molecule has 0 spiro atoms. The predicted molar refractivity (Wildman–Crippen MR) is 74.3 cm³/mol. The Bertz CT molecular complexity index is 323. The van der Waals surface area contributed by atoms with Gasteiger partial charge in [-0.15, -0.1) is 0 Å². The van der Waals surface area contributed by atoms with Crippen molar-refractivity contribution < 1.29 is 9.53 Å². The zero-order valence-electron chi connectivity index (χ0n) is 10.7. The Kier molecular flexibility index (Phi) is 4.56. The van der Waals surface area contributed by atoms with Crippen molar-refractivity contribution in [2.24, 2.45) is 11.1 Å². The van der Waals surface area contributed by atoms with Crippen molar-refractivity contribution in [1.82, 2.24) is 5.32 Å². The maximum Gasteiger partial charge on any atom is 0.233 e. The summed E-state index contributed by atoms with van der Waals surface area (Å²) in [6.07, 6.45) is 7.33. The highest BCUT2D eigenvalue weighted by Gasteiger charge is 2.46. The third-order valence-corrected chi connectivity index (χ3v) is 4.53. The summed E-state index contributed by atoms with van der Waals surface area (Å²) < 4.78 is 5.63. The lowest BCUT2D eigenvalue weighted by Crippen LogP contribution is -2.53. The van der Waals surface area contributed by atoms with Crippen LogP contribution in [0.2, 0.25) is 0 Å². The van der Waals surface area contributed by atoms with Gasteiger partial charge < -0.3 is 15.8 Å². The number of nitrogens with one attached hydrogen (secondary N) is 1. The van der Waals surface area contributed by atoms with Gasteiger partial charge in [-0.3, -0.25) is 4.79 Å². The second-order valence-corrected chi connectivity index (χ2v) is 5.77. The quantitative estimate of drug-likeness (QED) is 0.743. The number of hydrogen-bond donors (Lipinski definition) is 2. The van der Waals surface area contributed by atoms with Crippen LogP contribution in [-0.4, -0.2) is 30.2 Å². The fourth-order valence-electron chi connectivity index (χ4n) is 2.67. The van der Waals surface area contributed by atoms with E-state index in [0.29, 0.717) is 17.6 Å². The molecule has 3 N–H and O–H groups in total. The van der Waals surface area contributed by atoms with E-state index in [-0.39, 0.29) is 5.91 Å². The van der Waals surface area contributed by atoms with Crippen molar-refractivity contribution in [3.8, 4) is 0 Å². The van der Waals surface area contributed by atoms with E-state index in [1.165, 1.54) is 6.42 Å². The maximum absolute atomic E-state index is 12.1. The molecule has 0 bridgehead atoms. The van der Waals surface area contributed by atoms with E-state index in [1.54, 1.807) is 0 Å². The van der Waals surface area contributed by atoms with Gasteiger partial charge in [-0.05, 0) is 38.5 Å². The summed E-state index contributed by atoms with van der Waals surface area (Å²) in [7, 11) is 0. The third kappa shape index (κ3) is 2.83. The summed E-state index contributed by atoms with van der Waals surface area (Å²) in [4.78, 5) is 12.5. The first-order valence-corrected chi connectivity index (χ1v) is 7.26. The molecule has 1 heterocycles. The van der Waals surface area contributed by atoms with E-state index in [4.69, 9.17) is 22.7 Å². The minimum absolute atomic E-state index is 0.0112. The van der Waals surface area contributed by atoms with Crippen molar-refractivity contribution in [2.45, 2.75) is 51.0 Å². The number of nitrogens with two attached hydrogens (primary N) is 1. The fraction of sp³-hybridized carbons (Fsp3) is 0.846. The Morgan fingerprint density at radius 1 is 1.39 bits per heavy atom. The molecule has 2 fully saturated rings. The van der Waals surface area contributed by atoms with Crippen LogP contribution in [0.15, 0.2) is 0 Å². The second kappa shape index (κ2) is 5.97. The zero-order valence-corrected chi connectivity index (χ0v) is 11.6. The van der Waals surface area contributed by atoms with Crippen LogP contribution in [0, 0.1) is 5.41 Å². The normalized spacial score (nSPS) is 26.1. The molecule has 0 aromatic carbocycles. The molecule has 1 atom stereocenters. The summed E-state index contributed by atoms with van der Waals surface area (Å²) in [5, 5.41) is 2.97. The molecule has 0 radical (unpaired) electrons. The molecule has 2 rings (SSSR count). The van der Waals surface area contributed by atoms with Crippen LogP contribution in [0.5, 0.6) is 0 Å².